The van der Waals surface area contributed by atoms with Crippen LogP contribution in [0.5, 0.6) is 0 Å². The summed E-state index contributed by atoms with van der Waals surface area (Å²) in [5.41, 5.74) is 2.12. The van der Waals surface area contributed by atoms with Crippen molar-refractivity contribution in [3.63, 3.8) is 0 Å². The average Bonchev–Trinajstić information content (AvgIpc) is 3.27. The molecule has 1 unspecified atom stereocenters. The van der Waals surface area contributed by atoms with Crippen LogP contribution in [0.25, 0.3) is 10.6 Å². The maximum atomic E-state index is 12.8. The van der Waals surface area contributed by atoms with Crippen LogP contribution in [0.4, 0.5) is 0 Å². The molecular weight excluding hydrogens is 350 g/mol. The molecule has 0 aromatic carbocycles. The fourth-order valence-electron chi connectivity index (χ4n) is 3.20. The minimum atomic E-state index is -0.0519. The second-order valence-corrected chi connectivity index (χ2v) is 7.56. The van der Waals surface area contributed by atoms with E-state index in [1.165, 1.54) is 4.88 Å². The molecule has 0 saturated carbocycles. The Morgan fingerprint density at radius 3 is 2.88 bits per heavy atom. The highest BCUT2D eigenvalue weighted by atomic mass is 32.1. The van der Waals surface area contributed by atoms with Crippen molar-refractivity contribution >= 4 is 17.2 Å². The first-order valence-electron chi connectivity index (χ1n) is 8.53. The zero-order valence-corrected chi connectivity index (χ0v) is 15.5. The van der Waals surface area contributed by atoms with E-state index in [1.807, 2.05) is 12.1 Å². The van der Waals surface area contributed by atoms with Crippen molar-refractivity contribution in [1.29, 1.82) is 0 Å². The summed E-state index contributed by atoms with van der Waals surface area (Å²) in [5, 5.41) is 8.77. The third kappa shape index (κ3) is 3.37. The first-order chi connectivity index (χ1) is 12.6. The molecule has 0 N–H and O–H groups in total. The number of aromatic nitrogens is 4. The summed E-state index contributed by atoms with van der Waals surface area (Å²) < 4.78 is 5.37. The van der Waals surface area contributed by atoms with Crippen LogP contribution >= 0.6 is 11.3 Å². The molecule has 0 bridgehead atoms. The van der Waals surface area contributed by atoms with Crippen molar-refractivity contribution in [1.82, 2.24) is 25.1 Å². The van der Waals surface area contributed by atoms with Gasteiger partial charge >= 0.3 is 0 Å². The predicted molar refractivity (Wildman–Crippen MR) is 96.4 cm³/mol. The largest absolute Gasteiger partial charge is 0.424 e. The monoisotopic (exact) mass is 369 g/mol. The number of nitrogens with zero attached hydrogens (tertiary/aromatic N) is 5. The van der Waals surface area contributed by atoms with Crippen LogP contribution in [0.3, 0.4) is 0 Å². The van der Waals surface area contributed by atoms with Gasteiger partial charge in [0, 0.05) is 49.1 Å². The number of pyridine rings is 1. The Morgan fingerprint density at radius 1 is 1.35 bits per heavy atom. The Morgan fingerprint density at radius 2 is 2.15 bits per heavy atom. The number of thiazole rings is 1. The van der Waals surface area contributed by atoms with Crippen LogP contribution in [0.2, 0.25) is 0 Å². The van der Waals surface area contributed by atoms with E-state index in [4.69, 9.17) is 9.40 Å². The summed E-state index contributed by atoms with van der Waals surface area (Å²) in [6.45, 7) is 2.08. The van der Waals surface area contributed by atoms with Crippen LogP contribution in [0.1, 0.15) is 28.8 Å². The molecule has 1 aliphatic carbocycles. The molecular formula is C18H19N5O2S. The van der Waals surface area contributed by atoms with Crippen LogP contribution in [-0.4, -0.2) is 38.0 Å². The molecule has 0 aliphatic heterocycles. The van der Waals surface area contributed by atoms with E-state index >= 15 is 0 Å². The van der Waals surface area contributed by atoms with Crippen LogP contribution in [0, 0.1) is 12.8 Å². The average molecular weight is 369 g/mol. The number of aryl methyl sites for hydroxylation is 2. The van der Waals surface area contributed by atoms with Gasteiger partial charge in [-0.15, -0.1) is 21.5 Å². The number of amides is 1. The van der Waals surface area contributed by atoms with E-state index in [0.29, 0.717) is 24.7 Å². The van der Waals surface area contributed by atoms with Gasteiger partial charge in [-0.2, -0.15) is 0 Å². The maximum absolute atomic E-state index is 12.8. The van der Waals surface area contributed by atoms with E-state index in [2.05, 4.69) is 15.2 Å². The van der Waals surface area contributed by atoms with Gasteiger partial charge in [0.1, 0.15) is 5.01 Å². The lowest BCUT2D eigenvalue weighted by atomic mass is 9.90. The SMILES string of the molecule is Cc1nnc(CN(C)C(=O)C2CCc3sc(-c4ccncc4)nc3C2)o1. The van der Waals surface area contributed by atoms with E-state index < -0.39 is 0 Å². The molecule has 8 heteroatoms. The van der Waals surface area contributed by atoms with Crippen LogP contribution < -0.4 is 0 Å². The topological polar surface area (TPSA) is 85.0 Å². The third-order valence-corrected chi connectivity index (χ3v) is 5.74. The summed E-state index contributed by atoms with van der Waals surface area (Å²) in [6, 6.07) is 3.93. The minimum Gasteiger partial charge on any atom is -0.424 e. The molecule has 0 spiro atoms. The first-order valence-corrected chi connectivity index (χ1v) is 9.34. The van der Waals surface area contributed by atoms with Gasteiger partial charge < -0.3 is 9.32 Å². The second kappa shape index (κ2) is 6.95. The predicted octanol–water partition coefficient (Wildman–Crippen LogP) is 2.66. The fourth-order valence-corrected chi connectivity index (χ4v) is 4.31. The number of hydrogen-bond donors (Lipinski definition) is 0. The summed E-state index contributed by atoms with van der Waals surface area (Å²) >= 11 is 1.72. The van der Waals surface area contributed by atoms with Gasteiger partial charge in [0.25, 0.3) is 0 Å². The molecule has 0 fully saturated rings. The molecule has 1 atom stereocenters. The van der Waals surface area contributed by atoms with Gasteiger partial charge in [-0.3, -0.25) is 9.78 Å². The molecule has 0 saturated heterocycles. The Labute approximate surface area is 155 Å². The Balaban J connectivity index is 1.46. The Bertz CT molecular complexity index is 921. The molecule has 0 radical (unpaired) electrons. The normalized spacial score (nSPS) is 16.3. The smallest absolute Gasteiger partial charge is 0.235 e. The standard InChI is InChI=1S/C18H19N5O2S/c1-11-21-22-16(25-11)10-23(2)18(24)13-3-4-15-14(9-13)20-17(26-15)12-5-7-19-8-6-12/h5-8,13H,3-4,9-10H2,1-2H3. The number of carbonyl (C=O) groups excluding carboxylic acids is 1. The highest BCUT2D eigenvalue weighted by Gasteiger charge is 2.30. The lowest BCUT2D eigenvalue weighted by molar-refractivity contribution is -0.135. The molecule has 1 aliphatic rings. The zero-order chi connectivity index (χ0) is 18.1. The highest BCUT2D eigenvalue weighted by Crippen LogP contribution is 2.34. The third-order valence-electron chi connectivity index (χ3n) is 4.53. The molecule has 134 valence electrons. The molecule has 26 heavy (non-hydrogen) atoms. The molecule has 7 nitrogen and oxygen atoms in total. The summed E-state index contributed by atoms with van der Waals surface area (Å²) in [6.07, 6.45) is 5.97. The number of fused-ring (bicyclic) bond motifs is 1. The van der Waals surface area contributed by atoms with Crippen molar-refractivity contribution in [3.05, 3.63) is 46.9 Å². The lowest BCUT2D eigenvalue weighted by Gasteiger charge is -2.25. The van der Waals surface area contributed by atoms with Crippen molar-refractivity contribution in [2.24, 2.45) is 5.92 Å². The second-order valence-electron chi connectivity index (χ2n) is 6.47. The molecule has 4 rings (SSSR count). The Kier molecular flexibility index (Phi) is 4.50. The van der Waals surface area contributed by atoms with Crippen molar-refractivity contribution in [2.45, 2.75) is 32.7 Å². The molecule has 3 aromatic rings. The Hall–Kier alpha value is -2.61. The van der Waals surface area contributed by atoms with E-state index in [1.54, 1.807) is 42.6 Å². The maximum Gasteiger partial charge on any atom is 0.235 e. The van der Waals surface area contributed by atoms with Gasteiger partial charge in [-0.05, 0) is 25.0 Å². The van der Waals surface area contributed by atoms with Gasteiger partial charge in [0.05, 0.1) is 12.2 Å². The number of carbonyl (C=O) groups is 1. The zero-order valence-electron chi connectivity index (χ0n) is 14.7. The summed E-state index contributed by atoms with van der Waals surface area (Å²) in [4.78, 5) is 24.6. The van der Waals surface area contributed by atoms with Crippen molar-refractivity contribution in [3.8, 4) is 10.6 Å². The van der Waals surface area contributed by atoms with Crippen LogP contribution in [-0.2, 0) is 24.2 Å². The number of hydrogen-bond acceptors (Lipinski definition) is 7. The number of rotatable bonds is 4. The molecule has 3 heterocycles. The van der Waals surface area contributed by atoms with E-state index in [9.17, 15) is 4.79 Å². The van der Waals surface area contributed by atoms with Gasteiger partial charge in [0.15, 0.2) is 0 Å². The van der Waals surface area contributed by atoms with Crippen molar-refractivity contribution in [2.75, 3.05) is 7.05 Å². The molecule has 1 amide bonds. The first kappa shape index (κ1) is 16.8. The quantitative estimate of drug-likeness (QED) is 0.703. The van der Waals surface area contributed by atoms with Crippen LogP contribution in [0.15, 0.2) is 28.9 Å². The van der Waals surface area contributed by atoms with E-state index in [-0.39, 0.29) is 11.8 Å². The van der Waals surface area contributed by atoms with Gasteiger partial charge in [0.2, 0.25) is 17.7 Å². The summed E-state index contributed by atoms with van der Waals surface area (Å²) in [7, 11) is 1.78. The van der Waals surface area contributed by atoms with Gasteiger partial charge in [-0.25, -0.2) is 4.98 Å². The highest BCUT2D eigenvalue weighted by molar-refractivity contribution is 7.15. The van der Waals surface area contributed by atoms with Crippen molar-refractivity contribution < 1.29 is 9.21 Å². The minimum absolute atomic E-state index is 0.0519. The lowest BCUT2D eigenvalue weighted by Crippen LogP contribution is -2.35. The van der Waals surface area contributed by atoms with E-state index in [0.717, 1.165) is 29.1 Å². The summed E-state index contributed by atoms with van der Waals surface area (Å²) in [5.74, 6) is 1.02. The fraction of sp³-hybridized carbons (Fsp3) is 0.389. The van der Waals surface area contributed by atoms with Gasteiger partial charge in [-0.1, -0.05) is 0 Å². The molecule has 3 aromatic heterocycles.